The molecule has 0 atom stereocenters. The van der Waals surface area contributed by atoms with Crippen LogP contribution in [0.25, 0.3) is 6.08 Å². The predicted molar refractivity (Wildman–Crippen MR) is 96.2 cm³/mol. The Kier molecular flexibility index (Phi) is 5.41. The van der Waals surface area contributed by atoms with E-state index >= 15 is 0 Å². The second-order valence-corrected chi connectivity index (χ2v) is 7.01. The molecule has 2 aliphatic rings. The van der Waals surface area contributed by atoms with Gasteiger partial charge in [-0.25, -0.2) is 0 Å². The number of hydrogen-bond acceptors (Lipinski definition) is 6. The second kappa shape index (κ2) is 7.74. The summed E-state index contributed by atoms with van der Waals surface area (Å²) >= 11 is 0.818. The summed E-state index contributed by atoms with van der Waals surface area (Å²) in [5.74, 6) is -0.672. The first-order valence-corrected chi connectivity index (χ1v) is 9.07. The number of thioether (sulfide) groups is 1. The van der Waals surface area contributed by atoms with Gasteiger partial charge in [0.2, 0.25) is 5.91 Å². The van der Waals surface area contributed by atoms with Crippen LogP contribution in [0.5, 0.6) is 5.75 Å². The molecule has 0 radical (unpaired) electrons. The molecule has 8 heteroatoms. The van der Waals surface area contributed by atoms with E-state index in [9.17, 15) is 19.2 Å². The summed E-state index contributed by atoms with van der Waals surface area (Å²) in [6.45, 7) is 2.46. The minimum absolute atomic E-state index is 0.197. The summed E-state index contributed by atoms with van der Waals surface area (Å²) in [5.41, 5.74) is 0.692. The first-order valence-electron chi connectivity index (χ1n) is 8.25. The zero-order chi connectivity index (χ0) is 18.7. The largest absolute Gasteiger partial charge is 0.427 e. The van der Waals surface area contributed by atoms with Crippen LogP contribution in [-0.2, 0) is 14.4 Å². The molecule has 0 unspecified atom stereocenters. The summed E-state index contributed by atoms with van der Waals surface area (Å²) in [5, 5.41) is -0.440. The topological polar surface area (TPSA) is 84.0 Å². The van der Waals surface area contributed by atoms with Gasteiger partial charge in [0.25, 0.3) is 11.1 Å². The van der Waals surface area contributed by atoms with E-state index in [4.69, 9.17) is 4.74 Å². The number of rotatable bonds is 4. The monoisotopic (exact) mass is 374 g/mol. The first kappa shape index (κ1) is 18.2. The summed E-state index contributed by atoms with van der Waals surface area (Å²) < 4.78 is 4.95. The quantitative estimate of drug-likeness (QED) is 0.457. The highest BCUT2D eigenvalue weighted by Crippen LogP contribution is 2.32. The van der Waals surface area contributed by atoms with Gasteiger partial charge in [0.1, 0.15) is 12.3 Å². The maximum absolute atomic E-state index is 12.5. The van der Waals surface area contributed by atoms with Crippen LogP contribution in [0.15, 0.2) is 29.2 Å². The molecule has 0 N–H and O–H groups in total. The highest BCUT2D eigenvalue weighted by molar-refractivity contribution is 8.18. The molecule has 0 aliphatic carbocycles. The lowest BCUT2D eigenvalue weighted by molar-refractivity contribution is -0.135. The highest BCUT2D eigenvalue weighted by atomic mass is 32.2. The van der Waals surface area contributed by atoms with Crippen molar-refractivity contribution in [2.75, 3.05) is 19.6 Å². The molecule has 2 heterocycles. The summed E-state index contributed by atoms with van der Waals surface area (Å²) in [4.78, 5) is 50.6. The molecule has 26 heavy (non-hydrogen) atoms. The fourth-order valence-corrected chi connectivity index (χ4v) is 3.63. The van der Waals surface area contributed by atoms with Crippen LogP contribution in [0.4, 0.5) is 4.79 Å². The number of likely N-dealkylation sites (tertiary alicyclic amines) is 1. The van der Waals surface area contributed by atoms with E-state index < -0.39 is 17.1 Å². The van der Waals surface area contributed by atoms with Gasteiger partial charge in [0.15, 0.2) is 0 Å². The van der Waals surface area contributed by atoms with Crippen LogP contribution in [0.3, 0.4) is 0 Å². The SMILES string of the molecule is CC(=O)Oc1ccc(/C=C2/SC(=O)N(CC(=O)N3CCCC3)C2=O)cc1. The number of nitrogens with zero attached hydrogens (tertiary/aromatic N) is 2. The highest BCUT2D eigenvalue weighted by Gasteiger charge is 2.37. The number of benzene rings is 1. The molecular weight excluding hydrogens is 356 g/mol. The van der Waals surface area contributed by atoms with Gasteiger partial charge in [-0.15, -0.1) is 0 Å². The molecule has 3 rings (SSSR count). The van der Waals surface area contributed by atoms with Crippen LogP contribution >= 0.6 is 11.8 Å². The van der Waals surface area contributed by atoms with E-state index in [1.54, 1.807) is 35.2 Å². The van der Waals surface area contributed by atoms with Crippen molar-refractivity contribution in [3.8, 4) is 5.75 Å². The van der Waals surface area contributed by atoms with E-state index in [1.165, 1.54) is 6.92 Å². The number of carbonyl (C=O) groups is 4. The molecule has 2 fully saturated rings. The van der Waals surface area contributed by atoms with E-state index in [0.29, 0.717) is 24.4 Å². The van der Waals surface area contributed by atoms with E-state index in [-0.39, 0.29) is 17.4 Å². The Morgan fingerprint density at radius 2 is 1.81 bits per heavy atom. The third-order valence-electron chi connectivity index (χ3n) is 4.07. The van der Waals surface area contributed by atoms with Gasteiger partial charge >= 0.3 is 5.97 Å². The number of ether oxygens (including phenoxy) is 1. The molecule has 0 aromatic heterocycles. The summed E-state index contributed by atoms with van der Waals surface area (Å²) in [7, 11) is 0. The number of amides is 3. The van der Waals surface area contributed by atoms with Gasteiger partial charge in [-0.05, 0) is 48.4 Å². The fraction of sp³-hybridized carbons (Fsp3) is 0.333. The van der Waals surface area contributed by atoms with Crippen LogP contribution in [0.1, 0.15) is 25.3 Å². The lowest BCUT2D eigenvalue weighted by atomic mass is 10.2. The Morgan fingerprint density at radius 3 is 2.42 bits per heavy atom. The van der Waals surface area contributed by atoms with E-state index in [2.05, 4.69) is 0 Å². The van der Waals surface area contributed by atoms with E-state index in [1.807, 2.05) is 0 Å². The number of imide groups is 1. The van der Waals surface area contributed by atoms with Crippen LogP contribution in [0.2, 0.25) is 0 Å². The van der Waals surface area contributed by atoms with Crippen molar-refractivity contribution in [1.29, 1.82) is 0 Å². The lowest BCUT2D eigenvalue weighted by Gasteiger charge is -2.18. The smallest absolute Gasteiger partial charge is 0.308 e. The molecule has 0 spiro atoms. The molecule has 7 nitrogen and oxygen atoms in total. The van der Waals surface area contributed by atoms with Crippen LogP contribution < -0.4 is 4.74 Å². The maximum Gasteiger partial charge on any atom is 0.308 e. The van der Waals surface area contributed by atoms with Crippen molar-refractivity contribution in [3.05, 3.63) is 34.7 Å². The Hall–Kier alpha value is -2.61. The van der Waals surface area contributed by atoms with Gasteiger partial charge < -0.3 is 9.64 Å². The summed E-state index contributed by atoms with van der Waals surface area (Å²) in [6.07, 6.45) is 3.50. The Balaban J connectivity index is 1.68. The number of esters is 1. The molecule has 1 aromatic rings. The summed E-state index contributed by atoms with van der Waals surface area (Å²) in [6, 6.07) is 6.58. The standard InChI is InChI=1S/C18H18N2O5S/c1-12(21)25-14-6-4-13(5-7-14)10-15-17(23)20(18(24)26-15)11-16(22)19-8-2-3-9-19/h4-7,10H,2-3,8-9,11H2,1H3/b15-10+. The molecule has 2 aliphatic heterocycles. The average molecular weight is 374 g/mol. The van der Waals surface area contributed by atoms with Gasteiger partial charge in [-0.1, -0.05) is 12.1 Å². The Labute approximate surface area is 155 Å². The molecule has 0 bridgehead atoms. The third-order valence-corrected chi connectivity index (χ3v) is 4.97. The van der Waals surface area contributed by atoms with Gasteiger partial charge in [-0.2, -0.15) is 0 Å². The first-order chi connectivity index (χ1) is 12.4. The van der Waals surface area contributed by atoms with Crippen LogP contribution in [-0.4, -0.2) is 52.5 Å². The third kappa shape index (κ3) is 4.13. The molecule has 1 aromatic carbocycles. The molecular formula is C18H18N2O5S. The van der Waals surface area contributed by atoms with Crippen molar-refractivity contribution >= 4 is 40.9 Å². The normalized spacial score (nSPS) is 18.7. The van der Waals surface area contributed by atoms with Crippen molar-refractivity contribution < 1.29 is 23.9 Å². The fourth-order valence-electron chi connectivity index (χ4n) is 2.79. The maximum atomic E-state index is 12.5. The molecule has 2 saturated heterocycles. The number of carbonyl (C=O) groups excluding carboxylic acids is 4. The van der Waals surface area contributed by atoms with Gasteiger partial charge in [-0.3, -0.25) is 24.1 Å². The van der Waals surface area contributed by atoms with Crippen molar-refractivity contribution in [2.24, 2.45) is 0 Å². The number of hydrogen-bond donors (Lipinski definition) is 0. The zero-order valence-corrected chi connectivity index (χ0v) is 15.1. The lowest BCUT2D eigenvalue weighted by Crippen LogP contribution is -2.40. The molecule has 136 valence electrons. The Morgan fingerprint density at radius 1 is 1.15 bits per heavy atom. The minimum Gasteiger partial charge on any atom is -0.427 e. The van der Waals surface area contributed by atoms with Crippen molar-refractivity contribution in [3.63, 3.8) is 0 Å². The minimum atomic E-state index is -0.461. The Bertz CT molecular complexity index is 781. The van der Waals surface area contributed by atoms with Crippen molar-refractivity contribution in [1.82, 2.24) is 9.80 Å². The van der Waals surface area contributed by atoms with Gasteiger partial charge in [0.05, 0.1) is 4.91 Å². The molecule has 0 saturated carbocycles. The van der Waals surface area contributed by atoms with Crippen LogP contribution in [0, 0.1) is 0 Å². The molecule has 3 amide bonds. The predicted octanol–water partition coefficient (Wildman–Crippen LogP) is 2.27. The van der Waals surface area contributed by atoms with E-state index in [0.717, 1.165) is 29.5 Å². The zero-order valence-electron chi connectivity index (χ0n) is 14.3. The van der Waals surface area contributed by atoms with Crippen molar-refractivity contribution in [2.45, 2.75) is 19.8 Å². The average Bonchev–Trinajstić information content (AvgIpc) is 3.21. The second-order valence-electron chi connectivity index (χ2n) is 6.02. The van der Waals surface area contributed by atoms with Gasteiger partial charge in [0, 0.05) is 20.0 Å².